The van der Waals surface area contributed by atoms with Gasteiger partial charge in [-0.15, -0.1) is 0 Å². The molecule has 1 aromatic carbocycles. The Hall–Kier alpha value is -3.29. The molecule has 0 bridgehead atoms. The summed E-state index contributed by atoms with van der Waals surface area (Å²) in [5, 5.41) is 4.85. The Bertz CT molecular complexity index is 1450. The number of hydrogen-bond donors (Lipinski definition) is 2. The van der Waals surface area contributed by atoms with E-state index in [1.807, 2.05) is 0 Å². The maximum absolute atomic E-state index is 12.9. The van der Waals surface area contributed by atoms with Gasteiger partial charge in [0.2, 0.25) is 30.9 Å². The predicted octanol–water partition coefficient (Wildman–Crippen LogP) is 0.111. The van der Waals surface area contributed by atoms with Crippen molar-refractivity contribution in [1.29, 1.82) is 0 Å². The van der Waals surface area contributed by atoms with E-state index in [0.717, 1.165) is 10.6 Å². The molecule has 3 heterocycles. The fraction of sp³-hybridized carbons (Fsp3) is 0.211. The molecule has 1 aliphatic rings. The maximum Gasteiger partial charge on any atom is 0.276 e. The first-order chi connectivity index (χ1) is 15.1. The highest BCUT2D eigenvalue weighted by Crippen LogP contribution is 2.22. The molecule has 2 amide bonds. The van der Waals surface area contributed by atoms with Crippen LogP contribution in [0, 0.1) is 0 Å². The number of benzene rings is 1. The Labute approximate surface area is 184 Å². The number of anilines is 1. The lowest BCUT2D eigenvalue weighted by atomic mass is 10.3. The number of carbonyl (C=O) groups excluding carboxylic acids is 2. The highest BCUT2D eigenvalue weighted by atomic mass is 32.2. The fourth-order valence-electron chi connectivity index (χ4n) is 3.33. The van der Waals surface area contributed by atoms with Gasteiger partial charge in [-0.25, -0.2) is 21.8 Å². The third-order valence-electron chi connectivity index (χ3n) is 4.80. The summed E-state index contributed by atoms with van der Waals surface area (Å²) in [6, 6.07) is 10.4. The molecular weight excluding hydrogens is 458 g/mol. The Morgan fingerprint density at radius 3 is 2.62 bits per heavy atom. The third-order valence-corrected chi connectivity index (χ3v) is 7.59. The number of imidazole rings is 1. The number of sulfone groups is 1. The Morgan fingerprint density at radius 2 is 1.91 bits per heavy atom. The number of pyridine rings is 1. The first-order valence-corrected chi connectivity index (χ1v) is 12.8. The number of sulfonamides is 1. The molecule has 168 valence electrons. The molecule has 3 aromatic rings. The van der Waals surface area contributed by atoms with E-state index in [9.17, 15) is 26.4 Å². The number of rotatable bonds is 5. The number of amides is 2. The number of nitrogens with zero attached hydrogens (tertiary/aromatic N) is 3. The SMILES string of the molecule is CS(=O)(=O)c1nc(C(=O)Nc2cccc(S(=O)(=O)N3CCNC(=O)C3)c2)c2ccccn12. The fourth-order valence-corrected chi connectivity index (χ4v) is 5.55. The van der Waals surface area contributed by atoms with E-state index >= 15 is 0 Å². The van der Waals surface area contributed by atoms with Crippen LogP contribution < -0.4 is 10.6 Å². The summed E-state index contributed by atoms with van der Waals surface area (Å²) in [5.41, 5.74) is 0.344. The van der Waals surface area contributed by atoms with Crippen molar-refractivity contribution >= 4 is 42.9 Å². The Morgan fingerprint density at radius 1 is 1.12 bits per heavy atom. The van der Waals surface area contributed by atoms with Crippen LogP contribution in [0.25, 0.3) is 5.52 Å². The van der Waals surface area contributed by atoms with Gasteiger partial charge in [0, 0.05) is 31.2 Å². The highest BCUT2D eigenvalue weighted by molar-refractivity contribution is 7.90. The second-order valence-electron chi connectivity index (χ2n) is 7.14. The highest BCUT2D eigenvalue weighted by Gasteiger charge is 2.29. The van der Waals surface area contributed by atoms with Gasteiger partial charge in [0.15, 0.2) is 5.69 Å². The van der Waals surface area contributed by atoms with E-state index in [-0.39, 0.29) is 46.6 Å². The predicted molar refractivity (Wildman–Crippen MR) is 114 cm³/mol. The molecule has 0 atom stereocenters. The summed E-state index contributed by atoms with van der Waals surface area (Å²) in [6.07, 6.45) is 2.48. The normalized spacial score (nSPS) is 15.5. The molecule has 2 aromatic heterocycles. The number of piperazine rings is 1. The second-order valence-corrected chi connectivity index (χ2v) is 11.0. The Balaban J connectivity index is 1.65. The molecule has 0 aliphatic carbocycles. The molecule has 1 saturated heterocycles. The van der Waals surface area contributed by atoms with Crippen LogP contribution in [0.4, 0.5) is 5.69 Å². The molecule has 32 heavy (non-hydrogen) atoms. The lowest BCUT2D eigenvalue weighted by Gasteiger charge is -2.26. The largest absolute Gasteiger partial charge is 0.354 e. The molecule has 0 spiro atoms. The quantitative estimate of drug-likeness (QED) is 0.530. The zero-order valence-electron chi connectivity index (χ0n) is 16.8. The first-order valence-electron chi connectivity index (χ1n) is 9.43. The molecule has 2 N–H and O–H groups in total. The van der Waals surface area contributed by atoms with E-state index in [1.165, 1.54) is 34.9 Å². The standard InChI is InChI=1S/C19H19N5O6S2/c1-31(27,28)19-22-17(15-7-2-3-9-24(15)19)18(26)21-13-5-4-6-14(11-13)32(29,30)23-10-8-20-16(25)12-23/h2-7,9,11H,8,10,12H2,1H3,(H,20,25)(H,21,26). The van der Waals surface area contributed by atoms with Crippen LogP contribution in [0.5, 0.6) is 0 Å². The number of fused-ring (bicyclic) bond motifs is 1. The monoisotopic (exact) mass is 477 g/mol. The van der Waals surface area contributed by atoms with Crippen molar-refractivity contribution in [2.75, 3.05) is 31.2 Å². The van der Waals surface area contributed by atoms with Crippen LogP contribution in [0.15, 0.2) is 58.7 Å². The third kappa shape index (κ3) is 4.09. The van der Waals surface area contributed by atoms with Crippen LogP contribution in [0.3, 0.4) is 0 Å². The van der Waals surface area contributed by atoms with Gasteiger partial charge in [0.05, 0.1) is 17.0 Å². The molecular formula is C19H19N5O6S2. The zero-order valence-corrected chi connectivity index (χ0v) is 18.5. The number of aromatic nitrogens is 2. The van der Waals surface area contributed by atoms with Crippen LogP contribution in [0.1, 0.15) is 10.5 Å². The van der Waals surface area contributed by atoms with Crippen LogP contribution in [-0.4, -0.2) is 68.2 Å². The van der Waals surface area contributed by atoms with E-state index in [1.54, 1.807) is 18.2 Å². The topological polar surface area (TPSA) is 147 Å². The summed E-state index contributed by atoms with van der Waals surface area (Å²) >= 11 is 0. The molecule has 1 fully saturated rings. The van der Waals surface area contributed by atoms with Crippen molar-refractivity contribution in [2.24, 2.45) is 0 Å². The summed E-state index contributed by atoms with van der Waals surface area (Å²) in [6.45, 7) is 0.0674. The average molecular weight is 478 g/mol. The van der Waals surface area contributed by atoms with Gasteiger partial charge in [-0.3, -0.25) is 14.0 Å². The smallest absolute Gasteiger partial charge is 0.276 e. The van der Waals surface area contributed by atoms with Crippen molar-refractivity contribution in [2.45, 2.75) is 10.1 Å². The molecule has 0 saturated carbocycles. The van der Waals surface area contributed by atoms with Crippen molar-refractivity contribution in [3.05, 3.63) is 54.4 Å². The molecule has 1 aliphatic heterocycles. The van der Waals surface area contributed by atoms with Gasteiger partial charge in [-0.05, 0) is 30.3 Å². The number of carbonyl (C=O) groups is 2. The summed E-state index contributed by atoms with van der Waals surface area (Å²) in [5.74, 6) is -1.09. The summed E-state index contributed by atoms with van der Waals surface area (Å²) in [4.78, 5) is 28.4. The van der Waals surface area contributed by atoms with E-state index in [0.29, 0.717) is 0 Å². The average Bonchev–Trinajstić information content (AvgIpc) is 3.14. The molecule has 13 heteroatoms. The van der Waals surface area contributed by atoms with Crippen LogP contribution >= 0.6 is 0 Å². The number of nitrogens with one attached hydrogen (secondary N) is 2. The van der Waals surface area contributed by atoms with Gasteiger partial charge in [0.1, 0.15) is 0 Å². The minimum atomic E-state index is -3.95. The van der Waals surface area contributed by atoms with Gasteiger partial charge >= 0.3 is 0 Å². The minimum Gasteiger partial charge on any atom is -0.354 e. The van der Waals surface area contributed by atoms with Crippen molar-refractivity contribution in [3.8, 4) is 0 Å². The van der Waals surface area contributed by atoms with Gasteiger partial charge in [-0.1, -0.05) is 12.1 Å². The Kier molecular flexibility index (Phi) is 5.48. The van der Waals surface area contributed by atoms with Gasteiger partial charge < -0.3 is 10.6 Å². The second kappa shape index (κ2) is 8.00. The van der Waals surface area contributed by atoms with Crippen LogP contribution in [-0.2, 0) is 24.7 Å². The van der Waals surface area contributed by atoms with Crippen LogP contribution in [0.2, 0.25) is 0 Å². The minimum absolute atomic E-state index is 0.0866. The van der Waals surface area contributed by atoms with Crippen molar-refractivity contribution in [3.63, 3.8) is 0 Å². The lowest BCUT2D eigenvalue weighted by molar-refractivity contribution is -0.122. The molecule has 11 nitrogen and oxygen atoms in total. The maximum atomic E-state index is 12.9. The van der Waals surface area contributed by atoms with Crippen molar-refractivity contribution in [1.82, 2.24) is 19.0 Å². The van der Waals surface area contributed by atoms with Gasteiger partial charge in [0.25, 0.3) is 5.91 Å². The summed E-state index contributed by atoms with van der Waals surface area (Å²) in [7, 11) is -7.65. The molecule has 0 unspecified atom stereocenters. The van der Waals surface area contributed by atoms with Crippen molar-refractivity contribution < 1.29 is 26.4 Å². The van der Waals surface area contributed by atoms with E-state index < -0.39 is 31.7 Å². The lowest BCUT2D eigenvalue weighted by Crippen LogP contribution is -2.49. The first kappa shape index (κ1) is 21.9. The van der Waals surface area contributed by atoms with E-state index in [4.69, 9.17) is 0 Å². The van der Waals surface area contributed by atoms with E-state index in [2.05, 4.69) is 15.6 Å². The summed E-state index contributed by atoms with van der Waals surface area (Å²) < 4.78 is 52.2. The molecule has 0 radical (unpaired) electrons. The zero-order chi connectivity index (χ0) is 23.1. The number of hydrogen-bond acceptors (Lipinski definition) is 7. The molecule has 4 rings (SSSR count). The van der Waals surface area contributed by atoms with Gasteiger partial charge in [-0.2, -0.15) is 4.31 Å².